The van der Waals surface area contributed by atoms with Gasteiger partial charge in [0.2, 0.25) is 5.91 Å². The molecule has 7 nitrogen and oxygen atoms in total. The summed E-state index contributed by atoms with van der Waals surface area (Å²) in [5, 5.41) is 5.19. The zero-order valence-corrected chi connectivity index (χ0v) is 19.7. The second kappa shape index (κ2) is 9.27. The molecule has 174 valence electrons. The molecule has 3 fully saturated rings. The Kier molecular flexibility index (Phi) is 6.21. The first-order chi connectivity index (χ1) is 16.0. The highest BCUT2D eigenvalue weighted by molar-refractivity contribution is 7.12. The van der Waals surface area contributed by atoms with E-state index >= 15 is 0 Å². The SMILES string of the molecule is Cc1ccc(C(=O)N2CC(N(C(=O)c3cccs3)C3CC3)CC2C(=O)N2CCNCC2)cc1. The number of hydrogen-bond acceptors (Lipinski definition) is 5. The van der Waals surface area contributed by atoms with Crippen LogP contribution < -0.4 is 5.32 Å². The molecule has 1 N–H and O–H groups in total. The van der Waals surface area contributed by atoms with Crippen LogP contribution in [0.1, 0.15) is 44.9 Å². The lowest BCUT2D eigenvalue weighted by Crippen LogP contribution is -2.53. The average Bonchev–Trinajstić information content (AvgIpc) is 3.33. The first kappa shape index (κ1) is 22.1. The van der Waals surface area contributed by atoms with Gasteiger partial charge in [-0.1, -0.05) is 23.8 Å². The van der Waals surface area contributed by atoms with E-state index in [9.17, 15) is 14.4 Å². The number of carbonyl (C=O) groups excluding carboxylic acids is 3. The predicted molar refractivity (Wildman–Crippen MR) is 127 cm³/mol. The van der Waals surface area contributed by atoms with Crippen molar-refractivity contribution >= 4 is 29.1 Å². The fourth-order valence-corrected chi connectivity index (χ4v) is 5.61. The van der Waals surface area contributed by atoms with E-state index in [1.54, 1.807) is 4.90 Å². The standard InChI is InChI=1S/C25H30N4O3S/c1-17-4-6-18(7-5-17)23(30)28-16-20(15-21(28)24(31)27-12-10-26-11-13-27)29(19-8-9-19)25(32)22-3-2-14-33-22/h2-7,14,19-21,26H,8-13,15-16H2,1H3. The van der Waals surface area contributed by atoms with Gasteiger partial charge in [0.15, 0.2) is 0 Å². The van der Waals surface area contributed by atoms with Gasteiger partial charge < -0.3 is 20.0 Å². The number of aryl methyl sites for hydroxylation is 1. The van der Waals surface area contributed by atoms with Crippen molar-refractivity contribution in [2.75, 3.05) is 32.7 Å². The number of thiophene rings is 1. The fourth-order valence-electron chi connectivity index (χ4n) is 4.94. The van der Waals surface area contributed by atoms with Gasteiger partial charge in [-0.3, -0.25) is 14.4 Å². The summed E-state index contributed by atoms with van der Waals surface area (Å²) < 4.78 is 0. The van der Waals surface area contributed by atoms with Crippen LogP contribution in [0.15, 0.2) is 41.8 Å². The maximum atomic E-state index is 13.6. The minimum Gasteiger partial charge on any atom is -0.338 e. The molecule has 2 saturated heterocycles. The lowest BCUT2D eigenvalue weighted by Gasteiger charge is -2.32. The van der Waals surface area contributed by atoms with Crippen LogP contribution in [0.3, 0.4) is 0 Å². The molecule has 2 aromatic rings. The number of nitrogens with one attached hydrogen (secondary N) is 1. The highest BCUT2D eigenvalue weighted by Crippen LogP contribution is 2.36. The lowest BCUT2D eigenvalue weighted by molar-refractivity contribution is -0.135. The number of piperazine rings is 1. The van der Waals surface area contributed by atoms with Gasteiger partial charge in [0.05, 0.1) is 10.9 Å². The van der Waals surface area contributed by atoms with Crippen molar-refractivity contribution < 1.29 is 14.4 Å². The summed E-state index contributed by atoms with van der Waals surface area (Å²) in [6, 6.07) is 10.7. The molecule has 5 rings (SSSR count). The zero-order valence-electron chi connectivity index (χ0n) is 18.9. The molecule has 8 heteroatoms. The quantitative estimate of drug-likeness (QED) is 0.734. The first-order valence-corrected chi connectivity index (χ1v) is 12.6. The Morgan fingerprint density at radius 2 is 1.76 bits per heavy atom. The topological polar surface area (TPSA) is 73.0 Å². The van der Waals surface area contributed by atoms with E-state index in [0.29, 0.717) is 31.6 Å². The Balaban J connectivity index is 1.43. The summed E-state index contributed by atoms with van der Waals surface area (Å²) in [5.74, 6) is -0.111. The monoisotopic (exact) mass is 466 g/mol. The molecular formula is C25H30N4O3S. The van der Waals surface area contributed by atoms with Crippen LogP contribution in [0.5, 0.6) is 0 Å². The van der Waals surface area contributed by atoms with Gasteiger partial charge in [-0.2, -0.15) is 0 Å². The van der Waals surface area contributed by atoms with Gasteiger partial charge in [0.1, 0.15) is 6.04 Å². The number of benzene rings is 1. The minimum atomic E-state index is -0.542. The van der Waals surface area contributed by atoms with Crippen LogP contribution in [0.4, 0.5) is 0 Å². The van der Waals surface area contributed by atoms with Crippen LogP contribution in [0.25, 0.3) is 0 Å². The van der Waals surface area contributed by atoms with Crippen LogP contribution in [-0.2, 0) is 4.79 Å². The van der Waals surface area contributed by atoms with Gasteiger partial charge in [0.25, 0.3) is 11.8 Å². The third-order valence-electron chi connectivity index (χ3n) is 6.85. The van der Waals surface area contributed by atoms with E-state index in [1.165, 1.54) is 11.3 Å². The summed E-state index contributed by atoms with van der Waals surface area (Å²) in [6.45, 7) is 5.20. The van der Waals surface area contributed by atoms with Crippen molar-refractivity contribution in [1.29, 1.82) is 0 Å². The van der Waals surface area contributed by atoms with Gasteiger partial charge in [-0.25, -0.2) is 0 Å². The fraction of sp³-hybridized carbons (Fsp3) is 0.480. The minimum absolute atomic E-state index is 0.00113. The molecule has 1 saturated carbocycles. The lowest BCUT2D eigenvalue weighted by atomic mass is 10.1. The molecule has 3 aliphatic rings. The highest BCUT2D eigenvalue weighted by atomic mass is 32.1. The van der Waals surface area contributed by atoms with Crippen molar-refractivity contribution in [1.82, 2.24) is 20.0 Å². The molecule has 0 spiro atoms. The summed E-state index contributed by atoms with van der Waals surface area (Å²) in [4.78, 5) is 46.7. The molecule has 1 aromatic heterocycles. The molecule has 0 bridgehead atoms. The van der Waals surface area contributed by atoms with Crippen LogP contribution in [0, 0.1) is 6.92 Å². The number of carbonyl (C=O) groups is 3. The zero-order chi connectivity index (χ0) is 22.9. The molecule has 2 atom stereocenters. The number of amides is 3. The molecule has 0 radical (unpaired) electrons. The van der Waals surface area contributed by atoms with Crippen molar-refractivity contribution in [2.45, 2.75) is 44.3 Å². The van der Waals surface area contributed by atoms with Gasteiger partial charge in [-0.05, 0) is 49.8 Å². The number of hydrogen-bond donors (Lipinski definition) is 1. The third-order valence-corrected chi connectivity index (χ3v) is 7.71. The highest BCUT2D eigenvalue weighted by Gasteiger charge is 2.48. The van der Waals surface area contributed by atoms with Crippen molar-refractivity contribution in [3.8, 4) is 0 Å². The molecular weight excluding hydrogens is 436 g/mol. The second-order valence-corrected chi connectivity index (χ2v) is 10.2. The summed E-state index contributed by atoms with van der Waals surface area (Å²) in [5.41, 5.74) is 1.67. The van der Waals surface area contributed by atoms with Crippen LogP contribution >= 0.6 is 11.3 Å². The Labute approximate surface area is 198 Å². The van der Waals surface area contributed by atoms with Crippen LogP contribution in [-0.4, -0.2) is 83.3 Å². The van der Waals surface area contributed by atoms with E-state index in [4.69, 9.17) is 0 Å². The largest absolute Gasteiger partial charge is 0.338 e. The Morgan fingerprint density at radius 1 is 1.03 bits per heavy atom. The van der Waals surface area contributed by atoms with Gasteiger partial charge in [-0.15, -0.1) is 11.3 Å². The predicted octanol–water partition coefficient (Wildman–Crippen LogP) is 2.38. The van der Waals surface area contributed by atoms with Gasteiger partial charge >= 0.3 is 0 Å². The Hall–Kier alpha value is -2.71. The molecule has 1 aromatic carbocycles. The summed E-state index contributed by atoms with van der Waals surface area (Å²) in [6.07, 6.45) is 2.46. The summed E-state index contributed by atoms with van der Waals surface area (Å²) in [7, 11) is 0. The van der Waals surface area contributed by atoms with E-state index < -0.39 is 6.04 Å². The molecule has 3 heterocycles. The first-order valence-electron chi connectivity index (χ1n) is 11.8. The van der Waals surface area contributed by atoms with Crippen molar-refractivity contribution in [3.05, 3.63) is 57.8 Å². The van der Waals surface area contributed by atoms with Crippen LogP contribution in [0.2, 0.25) is 0 Å². The average molecular weight is 467 g/mol. The second-order valence-electron chi connectivity index (χ2n) is 9.23. The summed E-state index contributed by atoms with van der Waals surface area (Å²) >= 11 is 1.44. The van der Waals surface area contributed by atoms with E-state index in [2.05, 4.69) is 5.32 Å². The van der Waals surface area contributed by atoms with E-state index in [0.717, 1.165) is 36.4 Å². The number of likely N-dealkylation sites (tertiary alicyclic amines) is 1. The van der Waals surface area contributed by atoms with E-state index in [1.807, 2.05) is 58.5 Å². The van der Waals surface area contributed by atoms with Gasteiger partial charge in [0, 0.05) is 44.3 Å². The molecule has 2 aliphatic heterocycles. The maximum absolute atomic E-state index is 13.6. The van der Waals surface area contributed by atoms with Crippen molar-refractivity contribution in [2.24, 2.45) is 0 Å². The smallest absolute Gasteiger partial charge is 0.264 e. The molecule has 3 amide bonds. The Morgan fingerprint density at radius 3 is 2.39 bits per heavy atom. The number of nitrogens with zero attached hydrogens (tertiary/aromatic N) is 3. The van der Waals surface area contributed by atoms with Crippen molar-refractivity contribution in [3.63, 3.8) is 0 Å². The van der Waals surface area contributed by atoms with E-state index in [-0.39, 0.29) is 29.8 Å². The molecule has 33 heavy (non-hydrogen) atoms. The molecule has 1 aliphatic carbocycles. The molecule has 2 unspecified atom stereocenters. The number of rotatable bonds is 5. The normalized spacial score (nSPS) is 22.9. The maximum Gasteiger partial charge on any atom is 0.264 e. The third kappa shape index (κ3) is 4.54. The Bertz CT molecular complexity index is 1010.